The molecule has 2 aromatic rings. The average Bonchev–Trinajstić information content (AvgIpc) is 2.98. The Kier molecular flexibility index (Phi) is 5.31. The second-order valence-electron chi connectivity index (χ2n) is 7.21. The van der Waals surface area contributed by atoms with E-state index in [1.165, 1.54) is 0 Å². The normalized spacial score (nSPS) is 15.4. The molecule has 3 rings (SSSR count). The number of aryl methyl sites for hydroxylation is 2. The molecule has 1 aliphatic heterocycles. The minimum atomic E-state index is -4.53. The van der Waals surface area contributed by atoms with E-state index >= 15 is 0 Å². The van der Waals surface area contributed by atoms with E-state index in [9.17, 15) is 18.0 Å². The van der Waals surface area contributed by atoms with Crippen LogP contribution in [0.25, 0.3) is 0 Å². The third-order valence-corrected chi connectivity index (χ3v) is 4.71. The van der Waals surface area contributed by atoms with E-state index < -0.39 is 11.9 Å². The smallest absolute Gasteiger partial charge is 0.337 e. The summed E-state index contributed by atoms with van der Waals surface area (Å²) in [7, 11) is 1.75. The molecule has 0 aromatic carbocycles. The minimum Gasteiger partial charge on any atom is -0.337 e. The van der Waals surface area contributed by atoms with Crippen LogP contribution in [0.15, 0.2) is 12.3 Å². The largest absolute Gasteiger partial charge is 0.433 e. The maximum absolute atomic E-state index is 13.2. The van der Waals surface area contributed by atoms with Crippen molar-refractivity contribution >= 4 is 11.9 Å². The summed E-state index contributed by atoms with van der Waals surface area (Å²) in [5.74, 6) is -0.222. The van der Waals surface area contributed by atoms with Gasteiger partial charge in [-0.1, -0.05) is 13.8 Å². The van der Waals surface area contributed by atoms with Crippen molar-refractivity contribution in [1.82, 2.24) is 24.6 Å². The first-order valence-corrected chi connectivity index (χ1v) is 9.07. The Balaban J connectivity index is 1.77. The molecule has 3 heterocycles. The zero-order valence-corrected chi connectivity index (χ0v) is 16.3. The lowest BCUT2D eigenvalue weighted by atomic mass is 10.1. The number of halogens is 3. The van der Waals surface area contributed by atoms with Crippen molar-refractivity contribution < 1.29 is 18.0 Å². The van der Waals surface area contributed by atoms with Crippen LogP contribution in [0.5, 0.6) is 0 Å². The van der Waals surface area contributed by atoms with Gasteiger partial charge in [0.05, 0.1) is 11.3 Å². The molecular weight excluding hydrogens is 373 g/mol. The highest BCUT2D eigenvalue weighted by Gasteiger charge is 2.35. The monoisotopic (exact) mass is 396 g/mol. The topological polar surface area (TPSA) is 67.2 Å². The Bertz CT molecular complexity index is 869. The molecule has 7 nitrogen and oxygen atoms in total. The molecule has 1 aliphatic rings. The summed E-state index contributed by atoms with van der Waals surface area (Å²) < 4.78 is 41.2. The Morgan fingerprint density at radius 2 is 1.79 bits per heavy atom. The molecule has 0 atom stereocenters. The second kappa shape index (κ2) is 7.40. The first-order chi connectivity index (χ1) is 13.1. The van der Waals surface area contributed by atoms with Gasteiger partial charge in [0.2, 0.25) is 5.95 Å². The van der Waals surface area contributed by atoms with Crippen LogP contribution in [0.3, 0.4) is 0 Å². The highest BCUT2D eigenvalue weighted by Crippen LogP contribution is 2.31. The summed E-state index contributed by atoms with van der Waals surface area (Å²) in [6.07, 6.45) is -2.86. The molecule has 2 aromatic heterocycles. The molecule has 1 fully saturated rings. The number of rotatable bonds is 3. The lowest BCUT2D eigenvalue weighted by Gasteiger charge is -2.35. The zero-order chi connectivity index (χ0) is 20.6. The maximum atomic E-state index is 13.2. The van der Waals surface area contributed by atoms with Crippen molar-refractivity contribution in [2.45, 2.75) is 32.9 Å². The van der Waals surface area contributed by atoms with Gasteiger partial charge in [0.25, 0.3) is 5.91 Å². The van der Waals surface area contributed by atoms with E-state index in [0.717, 1.165) is 6.07 Å². The van der Waals surface area contributed by atoms with Crippen molar-refractivity contribution in [1.29, 1.82) is 0 Å². The van der Waals surface area contributed by atoms with E-state index in [-0.39, 0.29) is 17.8 Å². The molecule has 1 amide bonds. The fourth-order valence-electron chi connectivity index (χ4n) is 3.12. The van der Waals surface area contributed by atoms with Gasteiger partial charge in [0, 0.05) is 45.1 Å². The Labute approximate surface area is 161 Å². The first-order valence-electron chi connectivity index (χ1n) is 9.07. The first kappa shape index (κ1) is 20.1. The van der Waals surface area contributed by atoms with Gasteiger partial charge in [-0.25, -0.2) is 9.97 Å². The molecular formula is C18H23F3N6O. The van der Waals surface area contributed by atoms with E-state index in [0.29, 0.717) is 43.1 Å². The second-order valence-corrected chi connectivity index (χ2v) is 7.21. The summed E-state index contributed by atoms with van der Waals surface area (Å²) in [6, 6.07) is 0.999. The summed E-state index contributed by atoms with van der Waals surface area (Å²) >= 11 is 0. The summed E-state index contributed by atoms with van der Waals surface area (Å²) in [6.45, 7) is 6.84. The molecule has 10 heteroatoms. The van der Waals surface area contributed by atoms with Crippen LogP contribution < -0.4 is 4.90 Å². The predicted octanol–water partition coefficient (Wildman–Crippen LogP) is 2.62. The minimum absolute atomic E-state index is 0.0585. The van der Waals surface area contributed by atoms with Gasteiger partial charge in [0.1, 0.15) is 5.69 Å². The van der Waals surface area contributed by atoms with Crippen molar-refractivity contribution in [3.8, 4) is 0 Å². The van der Waals surface area contributed by atoms with Crippen LogP contribution in [-0.2, 0) is 13.2 Å². The highest BCUT2D eigenvalue weighted by atomic mass is 19.4. The number of anilines is 1. The number of amides is 1. The molecule has 0 N–H and O–H groups in total. The number of nitrogens with zero attached hydrogens (tertiary/aromatic N) is 6. The molecule has 28 heavy (non-hydrogen) atoms. The van der Waals surface area contributed by atoms with Gasteiger partial charge < -0.3 is 9.80 Å². The van der Waals surface area contributed by atoms with Gasteiger partial charge in [-0.3, -0.25) is 9.48 Å². The van der Waals surface area contributed by atoms with Gasteiger partial charge in [-0.15, -0.1) is 0 Å². The fraction of sp³-hybridized carbons (Fsp3) is 0.556. The number of carbonyl (C=O) groups excluding carboxylic acids is 1. The van der Waals surface area contributed by atoms with Crippen LogP contribution in [0.4, 0.5) is 19.1 Å². The number of alkyl halides is 3. The van der Waals surface area contributed by atoms with Crippen LogP contribution in [-0.4, -0.2) is 56.7 Å². The van der Waals surface area contributed by atoms with Crippen molar-refractivity contribution in [3.63, 3.8) is 0 Å². The standard InChI is InChI=1S/C18H23F3N6O/c1-11(2)14-9-15(18(19,20)21)23-17(22-14)27-7-5-26(6-8-27)16(28)13-10-25(4)24-12(13)3/h9-11H,5-8H2,1-4H3. The number of carbonyl (C=O) groups is 1. The van der Waals surface area contributed by atoms with Gasteiger partial charge in [-0.05, 0) is 18.9 Å². The molecule has 0 saturated carbocycles. The van der Waals surface area contributed by atoms with Crippen LogP contribution in [0, 0.1) is 6.92 Å². The Morgan fingerprint density at radius 3 is 2.29 bits per heavy atom. The summed E-state index contributed by atoms with van der Waals surface area (Å²) in [5.41, 5.74) is 0.596. The van der Waals surface area contributed by atoms with Crippen molar-refractivity contribution in [3.05, 3.63) is 34.9 Å². The van der Waals surface area contributed by atoms with Gasteiger partial charge >= 0.3 is 6.18 Å². The molecule has 0 bridgehead atoms. The Hall–Kier alpha value is -2.65. The van der Waals surface area contributed by atoms with E-state index in [4.69, 9.17) is 0 Å². The lowest BCUT2D eigenvalue weighted by molar-refractivity contribution is -0.141. The third kappa shape index (κ3) is 4.10. The highest BCUT2D eigenvalue weighted by molar-refractivity contribution is 5.95. The van der Waals surface area contributed by atoms with Crippen LogP contribution in [0.1, 0.15) is 47.2 Å². The number of hydrogen-bond donors (Lipinski definition) is 0. The molecule has 152 valence electrons. The van der Waals surface area contributed by atoms with Crippen LogP contribution >= 0.6 is 0 Å². The number of piperazine rings is 1. The third-order valence-electron chi connectivity index (χ3n) is 4.71. The lowest BCUT2D eigenvalue weighted by Crippen LogP contribution is -2.49. The van der Waals surface area contributed by atoms with Gasteiger partial charge in [0.15, 0.2) is 0 Å². The number of hydrogen-bond acceptors (Lipinski definition) is 5. The summed E-state index contributed by atoms with van der Waals surface area (Å²) in [4.78, 5) is 24.1. The molecule has 0 radical (unpaired) electrons. The predicted molar refractivity (Wildman–Crippen MR) is 97.2 cm³/mol. The maximum Gasteiger partial charge on any atom is 0.433 e. The fourth-order valence-corrected chi connectivity index (χ4v) is 3.12. The average molecular weight is 396 g/mol. The molecule has 0 aliphatic carbocycles. The van der Waals surface area contributed by atoms with Crippen molar-refractivity contribution in [2.75, 3.05) is 31.1 Å². The Morgan fingerprint density at radius 1 is 1.14 bits per heavy atom. The van der Waals surface area contributed by atoms with E-state index in [2.05, 4.69) is 15.1 Å². The van der Waals surface area contributed by atoms with E-state index in [1.54, 1.807) is 48.5 Å². The molecule has 0 unspecified atom stereocenters. The quantitative estimate of drug-likeness (QED) is 0.798. The van der Waals surface area contributed by atoms with E-state index in [1.807, 2.05) is 0 Å². The van der Waals surface area contributed by atoms with Crippen LogP contribution in [0.2, 0.25) is 0 Å². The molecule has 0 spiro atoms. The zero-order valence-electron chi connectivity index (χ0n) is 16.3. The SMILES string of the molecule is Cc1nn(C)cc1C(=O)N1CCN(c2nc(C(C)C)cc(C(F)(F)F)n2)CC1. The van der Waals surface area contributed by atoms with Gasteiger partial charge in [-0.2, -0.15) is 18.3 Å². The summed E-state index contributed by atoms with van der Waals surface area (Å²) in [5, 5.41) is 4.18. The molecule has 1 saturated heterocycles. The number of aromatic nitrogens is 4. The van der Waals surface area contributed by atoms with Crippen molar-refractivity contribution in [2.24, 2.45) is 7.05 Å².